The second-order valence-corrected chi connectivity index (χ2v) is 8.40. The molecule has 0 aliphatic carbocycles. The van der Waals surface area contributed by atoms with Crippen molar-refractivity contribution in [2.75, 3.05) is 13.2 Å². The van der Waals surface area contributed by atoms with Crippen molar-refractivity contribution in [1.82, 2.24) is 0 Å². The van der Waals surface area contributed by atoms with E-state index in [0.717, 1.165) is 6.07 Å². The number of fused-ring (bicyclic) bond motifs is 1. The lowest BCUT2D eigenvalue weighted by molar-refractivity contribution is 0.0379. The maximum absolute atomic E-state index is 12.2. The average Bonchev–Trinajstić information content (AvgIpc) is 2.53. The lowest BCUT2D eigenvalue weighted by Gasteiger charge is -2.21. The van der Waals surface area contributed by atoms with E-state index in [-0.39, 0.29) is 17.3 Å². The third-order valence-corrected chi connectivity index (χ3v) is 5.51. The molecule has 0 saturated heterocycles. The Morgan fingerprint density at radius 1 is 1.19 bits per heavy atom. The second-order valence-electron chi connectivity index (χ2n) is 5.47. The first kappa shape index (κ1) is 20.6. The van der Waals surface area contributed by atoms with Crippen LogP contribution in [0.15, 0.2) is 33.5 Å². The Morgan fingerprint density at radius 3 is 2.42 bits per heavy atom. The summed E-state index contributed by atoms with van der Waals surface area (Å²) in [5, 5.41) is 0.434. The quantitative estimate of drug-likeness (QED) is 0.373. The smallest absolute Gasteiger partial charge is 0.380 e. The van der Waals surface area contributed by atoms with Gasteiger partial charge in [-0.15, -0.1) is 0 Å². The van der Waals surface area contributed by atoms with E-state index in [0.29, 0.717) is 24.3 Å². The van der Waals surface area contributed by atoms with Crippen LogP contribution in [-0.2, 0) is 25.6 Å². The van der Waals surface area contributed by atoms with Crippen LogP contribution < -0.4 is 10.1 Å². The third-order valence-electron chi connectivity index (χ3n) is 3.07. The normalized spacial score (nSPS) is 11.7. The Morgan fingerprint density at radius 2 is 1.85 bits per heavy atom. The first-order valence-corrected chi connectivity index (χ1v) is 10.7. The molecule has 2 aromatic rings. The van der Waals surface area contributed by atoms with E-state index in [1.54, 1.807) is 39.8 Å². The predicted molar refractivity (Wildman–Crippen MR) is 101 cm³/mol. The molecule has 0 fully saturated rings. The van der Waals surface area contributed by atoms with Crippen molar-refractivity contribution < 1.29 is 27.5 Å². The van der Waals surface area contributed by atoms with Gasteiger partial charge >= 0.3 is 18.3 Å². The monoisotopic (exact) mass is 400 g/mol. The minimum atomic E-state index is -2.96. The summed E-state index contributed by atoms with van der Waals surface area (Å²) in [6.07, 6.45) is -0.310. The highest BCUT2D eigenvalue weighted by atomic mass is 32.5. The van der Waals surface area contributed by atoms with Crippen molar-refractivity contribution in [2.45, 2.75) is 33.8 Å². The van der Waals surface area contributed by atoms with E-state index in [9.17, 15) is 9.59 Å². The highest BCUT2D eigenvalue weighted by Gasteiger charge is 2.22. The molecule has 0 amide bonds. The van der Waals surface area contributed by atoms with Crippen LogP contribution >= 0.6 is 6.72 Å². The Labute approximate surface area is 156 Å². The van der Waals surface area contributed by atoms with Crippen molar-refractivity contribution in [2.24, 2.45) is 0 Å². The van der Waals surface area contributed by atoms with Gasteiger partial charge in [-0.3, -0.25) is 9.05 Å². The van der Waals surface area contributed by atoms with E-state index in [4.69, 9.17) is 34.5 Å². The standard InChI is InChI=1S/C17H21O7PS/c1-5-20-25(26,21-6-2)24-12-7-8-13-14(17(19)22-11(3)4)10-16(18)23-15(13)9-12/h7-11H,5-6H2,1-4H3. The molecule has 0 aliphatic heterocycles. The molecule has 9 heteroatoms. The fourth-order valence-electron chi connectivity index (χ4n) is 2.18. The molecule has 0 bridgehead atoms. The molecular formula is C17H21O7PS. The number of esters is 1. The summed E-state index contributed by atoms with van der Waals surface area (Å²) < 4.78 is 26.9. The number of hydrogen-bond donors (Lipinski definition) is 0. The fourth-order valence-corrected chi connectivity index (χ4v) is 4.26. The van der Waals surface area contributed by atoms with E-state index < -0.39 is 18.3 Å². The number of hydrogen-bond acceptors (Lipinski definition) is 8. The molecule has 1 aromatic heterocycles. The zero-order valence-corrected chi connectivity index (χ0v) is 16.7. The van der Waals surface area contributed by atoms with Crippen LogP contribution in [0, 0.1) is 0 Å². The van der Waals surface area contributed by atoms with Gasteiger partial charge in [0.05, 0.1) is 24.9 Å². The largest absolute Gasteiger partial charge is 0.459 e. The third kappa shape index (κ3) is 5.14. The Hall–Kier alpha value is -1.73. The zero-order valence-electron chi connectivity index (χ0n) is 15.0. The first-order chi connectivity index (χ1) is 12.3. The van der Waals surface area contributed by atoms with E-state index in [1.807, 2.05) is 0 Å². The fraction of sp³-hybridized carbons (Fsp3) is 0.412. The van der Waals surface area contributed by atoms with E-state index >= 15 is 0 Å². The van der Waals surface area contributed by atoms with Gasteiger partial charge in [-0.25, -0.2) is 9.59 Å². The van der Waals surface area contributed by atoms with Gasteiger partial charge in [0, 0.05) is 29.3 Å². The molecule has 26 heavy (non-hydrogen) atoms. The summed E-state index contributed by atoms with van der Waals surface area (Å²) in [6, 6.07) is 5.79. The molecule has 7 nitrogen and oxygen atoms in total. The summed E-state index contributed by atoms with van der Waals surface area (Å²) in [7, 11) is 0. The van der Waals surface area contributed by atoms with Gasteiger partial charge in [0.2, 0.25) is 0 Å². The van der Waals surface area contributed by atoms with Crippen LogP contribution in [0.25, 0.3) is 11.0 Å². The lowest BCUT2D eigenvalue weighted by atomic mass is 10.1. The van der Waals surface area contributed by atoms with Gasteiger partial charge < -0.3 is 13.7 Å². The summed E-state index contributed by atoms with van der Waals surface area (Å²) in [4.78, 5) is 24.0. The predicted octanol–water partition coefficient (Wildman–Crippen LogP) is 4.03. The summed E-state index contributed by atoms with van der Waals surface area (Å²) in [5.41, 5.74) is -0.356. The molecule has 1 heterocycles. The number of carbonyl (C=O) groups excluding carboxylic acids is 1. The number of benzene rings is 1. The molecule has 0 N–H and O–H groups in total. The van der Waals surface area contributed by atoms with Crippen LogP contribution in [0.1, 0.15) is 38.1 Å². The maximum atomic E-state index is 12.2. The number of carbonyl (C=O) groups is 1. The van der Waals surface area contributed by atoms with Crippen molar-refractivity contribution >= 4 is 35.5 Å². The van der Waals surface area contributed by atoms with Gasteiger partial charge in [0.15, 0.2) is 0 Å². The average molecular weight is 400 g/mol. The second kappa shape index (κ2) is 8.77. The number of rotatable bonds is 8. The lowest BCUT2D eigenvalue weighted by Crippen LogP contribution is -2.14. The van der Waals surface area contributed by atoms with Gasteiger partial charge in [0.1, 0.15) is 11.3 Å². The summed E-state index contributed by atoms with van der Waals surface area (Å²) in [6.45, 7) is 4.75. The zero-order chi connectivity index (χ0) is 19.3. The molecule has 0 radical (unpaired) electrons. The minimum absolute atomic E-state index is 0.130. The van der Waals surface area contributed by atoms with Crippen molar-refractivity contribution in [3.63, 3.8) is 0 Å². The SMILES string of the molecule is CCOP(=S)(OCC)Oc1ccc2c(C(=O)OC(C)C)cc(=O)oc2c1. The molecule has 0 atom stereocenters. The molecule has 142 valence electrons. The Bertz CT molecular complexity index is 880. The molecule has 0 saturated carbocycles. The molecule has 1 aromatic carbocycles. The van der Waals surface area contributed by atoms with Gasteiger partial charge in [-0.1, -0.05) is 0 Å². The van der Waals surface area contributed by atoms with E-state index in [2.05, 4.69) is 0 Å². The van der Waals surface area contributed by atoms with Gasteiger partial charge in [0.25, 0.3) is 0 Å². The maximum Gasteiger partial charge on any atom is 0.380 e. The molecule has 0 aliphatic rings. The van der Waals surface area contributed by atoms with Crippen LogP contribution in [0.5, 0.6) is 5.75 Å². The van der Waals surface area contributed by atoms with Gasteiger partial charge in [-0.05, 0) is 39.8 Å². The highest BCUT2D eigenvalue weighted by molar-refractivity contribution is 8.07. The van der Waals surface area contributed by atoms with Crippen molar-refractivity contribution in [3.8, 4) is 5.75 Å². The first-order valence-electron chi connectivity index (χ1n) is 8.15. The van der Waals surface area contributed by atoms with Crippen LogP contribution in [0.2, 0.25) is 0 Å². The topological polar surface area (TPSA) is 84.2 Å². The Kier molecular flexibility index (Phi) is 6.94. The Balaban J connectivity index is 2.44. The van der Waals surface area contributed by atoms with Crippen LogP contribution in [0.3, 0.4) is 0 Å². The van der Waals surface area contributed by atoms with Crippen molar-refractivity contribution in [3.05, 3.63) is 40.2 Å². The number of ether oxygens (including phenoxy) is 1. The highest BCUT2D eigenvalue weighted by Crippen LogP contribution is 2.50. The summed E-state index contributed by atoms with van der Waals surface area (Å²) in [5.74, 6) is -0.277. The van der Waals surface area contributed by atoms with Crippen LogP contribution in [0.4, 0.5) is 0 Å². The molecular weight excluding hydrogens is 379 g/mol. The molecule has 2 rings (SSSR count). The van der Waals surface area contributed by atoms with Crippen molar-refractivity contribution in [1.29, 1.82) is 0 Å². The molecule has 0 unspecified atom stereocenters. The van der Waals surface area contributed by atoms with Gasteiger partial charge in [-0.2, -0.15) is 0 Å². The van der Waals surface area contributed by atoms with Crippen LogP contribution in [-0.4, -0.2) is 25.3 Å². The minimum Gasteiger partial charge on any atom is -0.459 e. The molecule has 0 spiro atoms. The van der Waals surface area contributed by atoms with E-state index in [1.165, 1.54) is 6.07 Å². The summed E-state index contributed by atoms with van der Waals surface area (Å²) >= 11 is 5.32.